The van der Waals surface area contributed by atoms with Gasteiger partial charge in [-0.1, -0.05) is 76.2 Å². The predicted octanol–water partition coefficient (Wildman–Crippen LogP) is 5.33. The van der Waals surface area contributed by atoms with E-state index in [4.69, 9.17) is 0 Å². The molecular formula is C22H24O. The number of carbonyl (C=O) groups excluding carboxylic acids is 1. The molecule has 1 heteroatoms. The van der Waals surface area contributed by atoms with Gasteiger partial charge < -0.3 is 0 Å². The van der Waals surface area contributed by atoms with Gasteiger partial charge in [0.2, 0.25) is 0 Å². The summed E-state index contributed by atoms with van der Waals surface area (Å²) in [6, 6.07) is 16.7. The molecule has 2 aromatic rings. The molecule has 0 aliphatic heterocycles. The Kier molecular flexibility index (Phi) is 3.97. The van der Waals surface area contributed by atoms with Crippen LogP contribution in [0.3, 0.4) is 0 Å². The summed E-state index contributed by atoms with van der Waals surface area (Å²) in [5.74, 6) is 0.245. The molecule has 0 spiro atoms. The third-order valence-corrected chi connectivity index (χ3v) is 4.58. The SMILES string of the molecule is CCc1ccccc1C1=C(C(C)(C)C)c2ccccc2CC1=O. The Hall–Kier alpha value is -2.15. The van der Waals surface area contributed by atoms with Crippen LogP contribution in [0.5, 0.6) is 0 Å². The first-order valence-electron chi connectivity index (χ1n) is 8.38. The topological polar surface area (TPSA) is 17.1 Å². The summed E-state index contributed by atoms with van der Waals surface area (Å²) < 4.78 is 0. The Labute approximate surface area is 139 Å². The molecule has 1 aliphatic carbocycles. The van der Waals surface area contributed by atoms with Crippen LogP contribution in [0.15, 0.2) is 48.5 Å². The normalized spacial score (nSPS) is 14.9. The average Bonchev–Trinajstić information content (AvgIpc) is 2.52. The summed E-state index contributed by atoms with van der Waals surface area (Å²) in [6.45, 7) is 8.75. The molecule has 1 nitrogen and oxygen atoms in total. The van der Waals surface area contributed by atoms with Crippen molar-refractivity contribution in [2.45, 2.75) is 40.5 Å². The van der Waals surface area contributed by atoms with Gasteiger partial charge in [-0.3, -0.25) is 4.79 Å². The van der Waals surface area contributed by atoms with Crippen molar-refractivity contribution in [2.24, 2.45) is 5.41 Å². The van der Waals surface area contributed by atoms with E-state index in [1.807, 2.05) is 12.1 Å². The molecule has 118 valence electrons. The van der Waals surface area contributed by atoms with Gasteiger partial charge in [0.05, 0.1) is 0 Å². The van der Waals surface area contributed by atoms with Crippen molar-refractivity contribution in [3.8, 4) is 0 Å². The van der Waals surface area contributed by atoms with Crippen molar-refractivity contribution in [1.82, 2.24) is 0 Å². The summed E-state index contributed by atoms with van der Waals surface area (Å²) in [6.07, 6.45) is 1.44. The molecule has 0 unspecified atom stereocenters. The van der Waals surface area contributed by atoms with Gasteiger partial charge in [-0.05, 0) is 39.7 Å². The van der Waals surface area contributed by atoms with Crippen LogP contribution in [0, 0.1) is 5.41 Å². The lowest BCUT2D eigenvalue weighted by Crippen LogP contribution is -2.22. The van der Waals surface area contributed by atoms with Crippen molar-refractivity contribution in [3.05, 3.63) is 70.8 Å². The van der Waals surface area contributed by atoms with Gasteiger partial charge in [0.1, 0.15) is 0 Å². The van der Waals surface area contributed by atoms with Gasteiger partial charge in [-0.15, -0.1) is 0 Å². The van der Waals surface area contributed by atoms with Crippen molar-refractivity contribution >= 4 is 16.9 Å². The van der Waals surface area contributed by atoms with Crippen LogP contribution >= 0.6 is 0 Å². The largest absolute Gasteiger partial charge is 0.294 e. The number of Topliss-reactive ketones (excluding diaryl/α,β-unsaturated/α-hetero) is 1. The second kappa shape index (κ2) is 5.81. The van der Waals surface area contributed by atoms with E-state index >= 15 is 0 Å². The number of hydrogen-bond donors (Lipinski definition) is 0. The summed E-state index contributed by atoms with van der Waals surface area (Å²) >= 11 is 0. The minimum absolute atomic E-state index is 0.0810. The molecule has 2 aromatic carbocycles. The summed E-state index contributed by atoms with van der Waals surface area (Å²) in [5.41, 5.74) is 6.78. The molecule has 0 heterocycles. The van der Waals surface area contributed by atoms with E-state index < -0.39 is 0 Å². The van der Waals surface area contributed by atoms with E-state index in [0.717, 1.165) is 23.1 Å². The fourth-order valence-corrected chi connectivity index (χ4v) is 3.59. The number of ketones is 1. The molecule has 0 amide bonds. The van der Waals surface area contributed by atoms with Crippen LogP contribution in [-0.2, 0) is 17.6 Å². The maximum absolute atomic E-state index is 13.0. The van der Waals surface area contributed by atoms with E-state index in [1.165, 1.54) is 16.7 Å². The van der Waals surface area contributed by atoms with Crippen molar-refractivity contribution in [1.29, 1.82) is 0 Å². The Balaban J connectivity index is 2.38. The lowest BCUT2D eigenvalue weighted by atomic mass is 9.71. The highest BCUT2D eigenvalue weighted by molar-refractivity contribution is 6.31. The molecule has 0 radical (unpaired) electrons. The van der Waals surface area contributed by atoms with Gasteiger partial charge in [-0.2, -0.15) is 0 Å². The first-order chi connectivity index (χ1) is 10.9. The van der Waals surface area contributed by atoms with Gasteiger partial charge >= 0.3 is 0 Å². The standard InChI is InChI=1S/C22H24O/c1-5-15-10-6-8-12-17(15)20-19(23)14-16-11-7-9-13-18(16)21(20)22(2,3)4/h6-13H,5,14H2,1-4H3. The number of aryl methyl sites for hydroxylation is 1. The maximum Gasteiger partial charge on any atom is 0.168 e. The molecule has 3 rings (SSSR count). The Morgan fingerprint density at radius 1 is 0.913 bits per heavy atom. The van der Waals surface area contributed by atoms with Crippen LogP contribution < -0.4 is 0 Å². The first-order valence-corrected chi connectivity index (χ1v) is 8.38. The number of hydrogen-bond acceptors (Lipinski definition) is 1. The molecule has 0 bridgehead atoms. The van der Waals surface area contributed by atoms with E-state index in [2.05, 4.69) is 64.1 Å². The van der Waals surface area contributed by atoms with E-state index in [0.29, 0.717) is 6.42 Å². The fourth-order valence-electron chi connectivity index (χ4n) is 3.59. The lowest BCUT2D eigenvalue weighted by molar-refractivity contribution is -0.113. The third kappa shape index (κ3) is 2.76. The predicted molar refractivity (Wildman–Crippen MR) is 97.2 cm³/mol. The highest BCUT2D eigenvalue weighted by Crippen LogP contribution is 2.45. The lowest BCUT2D eigenvalue weighted by Gasteiger charge is -2.32. The van der Waals surface area contributed by atoms with Crippen molar-refractivity contribution < 1.29 is 4.79 Å². The minimum Gasteiger partial charge on any atom is -0.294 e. The second-order valence-corrected chi connectivity index (χ2v) is 7.27. The van der Waals surface area contributed by atoms with Crippen LogP contribution in [0.25, 0.3) is 11.1 Å². The quantitative estimate of drug-likeness (QED) is 0.732. The minimum atomic E-state index is -0.0810. The maximum atomic E-state index is 13.0. The monoisotopic (exact) mass is 304 g/mol. The highest BCUT2D eigenvalue weighted by atomic mass is 16.1. The fraction of sp³-hybridized carbons (Fsp3) is 0.318. The molecule has 1 aliphatic rings. The summed E-state index contributed by atoms with van der Waals surface area (Å²) in [4.78, 5) is 13.0. The zero-order chi connectivity index (χ0) is 16.6. The zero-order valence-corrected chi connectivity index (χ0v) is 14.4. The van der Waals surface area contributed by atoms with Crippen molar-refractivity contribution in [2.75, 3.05) is 0 Å². The number of allylic oxidation sites excluding steroid dienone is 2. The van der Waals surface area contributed by atoms with Crippen LogP contribution in [0.1, 0.15) is 49.9 Å². The van der Waals surface area contributed by atoms with E-state index in [9.17, 15) is 4.79 Å². The highest BCUT2D eigenvalue weighted by Gasteiger charge is 2.33. The zero-order valence-electron chi connectivity index (χ0n) is 14.4. The van der Waals surface area contributed by atoms with E-state index in [1.54, 1.807) is 0 Å². The second-order valence-electron chi connectivity index (χ2n) is 7.27. The number of carbonyl (C=O) groups is 1. The van der Waals surface area contributed by atoms with Gasteiger partial charge in [0.15, 0.2) is 5.78 Å². The third-order valence-electron chi connectivity index (χ3n) is 4.58. The number of benzene rings is 2. The van der Waals surface area contributed by atoms with E-state index in [-0.39, 0.29) is 11.2 Å². The van der Waals surface area contributed by atoms with Crippen LogP contribution in [0.2, 0.25) is 0 Å². The van der Waals surface area contributed by atoms with Crippen molar-refractivity contribution in [3.63, 3.8) is 0 Å². The molecule has 0 aromatic heterocycles. The number of rotatable bonds is 2. The Morgan fingerprint density at radius 3 is 2.17 bits per heavy atom. The summed E-state index contributed by atoms with van der Waals surface area (Å²) in [7, 11) is 0. The number of fused-ring (bicyclic) bond motifs is 1. The van der Waals surface area contributed by atoms with Gasteiger partial charge in [-0.25, -0.2) is 0 Å². The van der Waals surface area contributed by atoms with Gasteiger partial charge in [0, 0.05) is 12.0 Å². The molecule has 23 heavy (non-hydrogen) atoms. The Morgan fingerprint density at radius 2 is 1.52 bits per heavy atom. The van der Waals surface area contributed by atoms with Gasteiger partial charge in [0.25, 0.3) is 0 Å². The molecule has 0 saturated carbocycles. The van der Waals surface area contributed by atoms with Crippen LogP contribution in [-0.4, -0.2) is 5.78 Å². The average molecular weight is 304 g/mol. The molecule has 0 atom stereocenters. The molecular weight excluding hydrogens is 280 g/mol. The smallest absolute Gasteiger partial charge is 0.168 e. The summed E-state index contributed by atoms with van der Waals surface area (Å²) in [5, 5.41) is 0. The molecule has 0 fully saturated rings. The first kappa shape index (κ1) is 15.7. The molecule has 0 saturated heterocycles. The molecule has 0 N–H and O–H groups in total. The Bertz CT molecular complexity index is 788. The van der Waals surface area contributed by atoms with Crippen LogP contribution in [0.4, 0.5) is 0 Å².